The molecule has 0 saturated heterocycles. The van der Waals surface area contributed by atoms with Gasteiger partial charge < -0.3 is 9.47 Å². The molecule has 116 valence electrons. The second kappa shape index (κ2) is 7.00. The maximum absolute atomic E-state index is 12.3. The van der Waals surface area contributed by atoms with Crippen molar-refractivity contribution < 1.29 is 17.9 Å². The summed E-state index contributed by atoms with van der Waals surface area (Å²) in [4.78, 5) is 0.158. The average Bonchev–Trinajstić information content (AvgIpc) is 2.53. The van der Waals surface area contributed by atoms with Gasteiger partial charge in [0.25, 0.3) is 10.0 Å². The number of nitrogens with one attached hydrogen (secondary N) is 1. The Labute approximate surface area is 130 Å². The summed E-state index contributed by atoms with van der Waals surface area (Å²) < 4.78 is 37.5. The number of hydrogen-bond acceptors (Lipinski definition) is 4. The quantitative estimate of drug-likeness (QED) is 0.797. The van der Waals surface area contributed by atoms with Gasteiger partial charge >= 0.3 is 0 Å². The van der Waals surface area contributed by atoms with E-state index in [1.54, 1.807) is 42.5 Å². The van der Waals surface area contributed by atoms with Crippen molar-refractivity contribution in [3.8, 4) is 11.5 Å². The molecule has 0 saturated carbocycles. The van der Waals surface area contributed by atoms with Crippen molar-refractivity contribution in [2.45, 2.75) is 4.90 Å². The highest BCUT2D eigenvalue weighted by atomic mass is 32.2. The van der Waals surface area contributed by atoms with E-state index >= 15 is 0 Å². The molecular formula is C16H17NO4S. The fourth-order valence-electron chi connectivity index (χ4n) is 1.77. The number of anilines is 1. The molecule has 1 N–H and O–H groups in total. The van der Waals surface area contributed by atoms with E-state index in [0.29, 0.717) is 23.8 Å². The second-order valence-corrected chi connectivity index (χ2v) is 6.09. The third-order valence-electron chi connectivity index (χ3n) is 2.82. The van der Waals surface area contributed by atoms with Crippen LogP contribution in [0.25, 0.3) is 0 Å². The van der Waals surface area contributed by atoms with E-state index in [0.717, 1.165) is 0 Å². The van der Waals surface area contributed by atoms with Gasteiger partial charge in [0.1, 0.15) is 18.1 Å². The van der Waals surface area contributed by atoms with E-state index in [-0.39, 0.29) is 4.90 Å². The van der Waals surface area contributed by atoms with Gasteiger partial charge in [0.15, 0.2) is 0 Å². The Kier molecular flexibility index (Phi) is 5.06. The predicted octanol–water partition coefficient (Wildman–Crippen LogP) is 3.06. The van der Waals surface area contributed by atoms with E-state index in [1.165, 1.54) is 19.2 Å². The normalized spacial score (nSPS) is 10.8. The van der Waals surface area contributed by atoms with E-state index in [2.05, 4.69) is 11.3 Å². The lowest BCUT2D eigenvalue weighted by Crippen LogP contribution is -2.12. The summed E-state index contributed by atoms with van der Waals surface area (Å²) in [7, 11) is -2.13. The lowest BCUT2D eigenvalue weighted by Gasteiger charge is -2.10. The van der Waals surface area contributed by atoms with Crippen molar-refractivity contribution in [2.24, 2.45) is 0 Å². The zero-order valence-electron chi connectivity index (χ0n) is 12.2. The van der Waals surface area contributed by atoms with Gasteiger partial charge in [-0.1, -0.05) is 18.7 Å². The number of benzene rings is 2. The zero-order valence-corrected chi connectivity index (χ0v) is 13.0. The molecule has 6 heteroatoms. The summed E-state index contributed by atoms with van der Waals surface area (Å²) in [5.74, 6) is 1.16. The first kappa shape index (κ1) is 15.9. The molecular weight excluding hydrogens is 302 g/mol. The van der Waals surface area contributed by atoms with Crippen LogP contribution in [-0.2, 0) is 10.0 Å². The van der Waals surface area contributed by atoms with Gasteiger partial charge in [0.05, 0.1) is 17.7 Å². The van der Waals surface area contributed by atoms with E-state index in [1.807, 2.05) is 0 Å². The predicted molar refractivity (Wildman–Crippen MR) is 85.9 cm³/mol. The van der Waals surface area contributed by atoms with Gasteiger partial charge in [-0.2, -0.15) is 0 Å². The molecule has 5 nitrogen and oxygen atoms in total. The van der Waals surface area contributed by atoms with E-state index < -0.39 is 10.0 Å². The minimum atomic E-state index is -3.66. The van der Waals surface area contributed by atoms with Gasteiger partial charge in [-0.3, -0.25) is 4.72 Å². The number of hydrogen-bond donors (Lipinski definition) is 1. The van der Waals surface area contributed by atoms with Crippen LogP contribution in [0.2, 0.25) is 0 Å². The van der Waals surface area contributed by atoms with Crippen LogP contribution >= 0.6 is 0 Å². The summed E-state index contributed by atoms with van der Waals surface area (Å²) in [5, 5.41) is 0. The number of ether oxygens (including phenoxy) is 2. The summed E-state index contributed by atoms with van der Waals surface area (Å²) in [6.07, 6.45) is 1.62. The maximum atomic E-state index is 12.3. The van der Waals surface area contributed by atoms with Crippen LogP contribution in [0, 0.1) is 0 Å². The molecule has 0 bridgehead atoms. The molecule has 0 aliphatic carbocycles. The van der Waals surface area contributed by atoms with Gasteiger partial charge in [0, 0.05) is 6.07 Å². The first-order valence-electron chi connectivity index (χ1n) is 6.56. The molecule has 0 amide bonds. The summed E-state index contributed by atoms with van der Waals surface area (Å²) in [5.41, 5.74) is 0.428. The Morgan fingerprint density at radius 1 is 1.14 bits per heavy atom. The Bertz CT molecular complexity index is 739. The Balaban J connectivity index is 2.18. The zero-order chi connectivity index (χ0) is 16.0. The smallest absolute Gasteiger partial charge is 0.261 e. The second-order valence-electron chi connectivity index (χ2n) is 4.41. The molecule has 0 heterocycles. The van der Waals surface area contributed by atoms with E-state index in [9.17, 15) is 8.42 Å². The van der Waals surface area contributed by atoms with Crippen LogP contribution in [0.15, 0.2) is 66.1 Å². The van der Waals surface area contributed by atoms with E-state index in [4.69, 9.17) is 9.47 Å². The number of rotatable bonds is 7. The van der Waals surface area contributed by atoms with Crippen LogP contribution in [0.3, 0.4) is 0 Å². The summed E-state index contributed by atoms with van der Waals surface area (Å²) >= 11 is 0. The van der Waals surface area contributed by atoms with Crippen molar-refractivity contribution in [3.63, 3.8) is 0 Å². The van der Waals surface area contributed by atoms with Crippen molar-refractivity contribution >= 4 is 15.7 Å². The average molecular weight is 319 g/mol. The first-order chi connectivity index (χ1) is 10.5. The van der Waals surface area contributed by atoms with Crippen molar-refractivity contribution in [1.29, 1.82) is 0 Å². The lowest BCUT2D eigenvalue weighted by atomic mass is 10.3. The fourth-order valence-corrected chi connectivity index (χ4v) is 2.82. The summed E-state index contributed by atoms with van der Waals surface area (Å²) in [6, 6.07) is 12.9. The number of methoxy groups -OCH3 is 1. The van der Waals surface area contributed by atoms with Crippen molar-refractivity contribution in [2.75, 3.05) is 18.4 Å². The molecule has 0 spiro atoms. The first-order valence-corrected chi connectivity index (χ1v) is 8.04. The highest BCUT2D eigenvalue weighted by molar-refractivity contribution is 7.92. The molecule has 0 aliphatic rings. The molecule has 22 heavy (non-hydrogen) atoms. The third-order valence-corrected chi connectivity index (χ3v) is 4.22. The van der Waals surface area contributed by atoms with Crippen LogP contribution in [0.5, 0.6) is 11.5 Å². The minimum Gasteiger partial charge on any atom is -0.497 e. The van der Waals surface area contributed by atoms with Gasteiger partial charge in [0.2, 0.25) is 0 Å². The largest absolute Gasteiger partial charge is 0.497 e. The Morgan fingerprint density at radius 3 is 2.50 bits per heavy atom. The molecule has 2 rings (SSSR count). The Morgan fingerprint density at radius 2 is 1.86 bits per heavy atom. The van der Waals surface area contributed by atoms with Crippen LogP contribution in [0.1, 0.15) is 0 Å². The molecule has 0 aliphatic heterocycles. The van der Waals surface area contributed by atoms with Gasteiger partial charge in [-0.25, -0.2) is 8.42 Å². The lowest BCUT2D eigenvalue weighted by molar-refractivity contribution is 0.363. The maximum Gasteiger partial charge on any atom is 0.261 e. The topological polar surface area (TPSA) is 64.6 Å². The van der Waals surface area contributed by atoms with Crippen molar-refractivity contribution in [1.82, 2.24) is 0 Å². The molecule has 0 fully saturated rings. The van der Waals surface area contributed by atoms with Gasteiger partial charge in [-0.15, -0.1) is 0 Å². The van der Waals surface area contributed by atoms with Crippen LogP contribution < -0.4 is 14.2 Å². The van der Waals surface area contributed by atoms with Crippen LogP contribution in [-0.4, -0.2) is 22.1 Å². The SMILES string of the molecule is C=CCOc1cccc(NS(=O)(=O)c2ccc(OC)cc2)c1. The molecule has 0 aromatic heterocycles. The highest BCUT2D eigenvalue weighted by Crippen LogP contribution is 2.22. The highest BCUT2D eigenvalue weighted by Gasteiger charge is 2.14. The monoisotopic (exact) mass is 319 g/mol. The number of sulfonamides is 1. The third kappa shape index (κ3) is 4.02. The molecule has 0 atom stereocenters. The molecule has 0 unspecified atom stereocenters. The standard InChI is InChI=1S/C16H17NO4S/c1-3-11-21-15-6-4-5-13(12-15)17-22(18,19)16-9-7-14(20-2)8-10-16/h3-10,12,17H,1,11H2,2H3. The molecule has 2 aromatic rings. The summed E-state index contributed by atoms with van der Waals surface area (Å²) in [6.45, 7) is 3.92. The van der Waals surface area contributed by atoms with Crippen molar-refractivity contribution in [3.05, 3.63) is 61.2 Å². The molecule has 0 radical (unpaired) electrons. The Hall–Kier alpha value is -2.47. The molecule has 2 aromatic carbocycles. The fraction of sp³-hybridized carbons (Fsp3) is 0.125. The van der Waals surface area contributed by atoms with Crippen LogP contribution in [0.4, 0.5) is 5.69 Å². The van der Waals surface area contributed by atoms with Gasteiger partial charge in [-0.05, 0) is 36.4 Å². The minimum absolute atomic E-state index is 0.158.